The van der Waals surface area contributed by atoms with Crippen LogP contribution in [0.1, 0.15) is 0 Å². The summed E-state index contributed by atoms with van der Waals surface area (Å²) < 4.78 is 0. The molecule has 0 spiro atoms. The van der Waals surface area contributed by atoms with Gasteiger partial charge in [-0.15, -0.1) is 0 Å². The van der Waals surface area contributed by atoms with Crippen molar-refractivity contribution in [3.8, 4) is 0 Å². The lowest BCUT2D eigenvalue weighted by atomic mass is 10.3. The van der Waals surface area contributed by atoms with Gasteiger partial charge in [-0.1, -0.05) is 0 Å². The standard InChI is InChI=1S/C6H11N3O/c1-10-9-3-2-6(4-7)5-8-9/h2-3,5,8H,4,7H2,1H3. The smallest absolute Gasteiger partial charge is 0.0661 e. The Morgan fingerprint density at radius 3 is 3.00 bits per heavy atom. The molecule has 1 rings (SSSR count). The lowest BCUT2D eigenvalue weighted by molar-refractivity contribution is -0.118. The Morgan fingerprint density at radius 2 is 2.60 bits per heavy atom. The first kappa shape index (κ1) is 7.11. The Bertz CT molecular complexity index is 164. The van der Waals surface area contributed by atoms with Crippen LogP contribution >= 0.6 is 0 Å². The first-order chi connectivity index (χ1) is 4.86. The molecule has 0 fully saturated rings. The molecule has 3 N–H and O–H groups in total. The zero-order valence-electron chi connectivity index (χ0n) is 5.87. The molecule has 0 aliphatic carbocycles. The van der Waals surface area contributed by atoms with Crippen LogP contribution in [0, 0.1) is 0 Å². The van der Waals surface area contributed by atoms with Gasteiger partial charge < -0.3 is 5.73 Å². The predicted molar refractivity (Wildman–Crippen MR) is 38.3 cm³/mol. The number of hydroxylamine groups is 1. The van der Waals surface area contributed by atoms with Crippen molar-refractivity contribution in [1.82, 2.24) is 10.6 Å². The minimum atomic E-state index is 0.543. The van der Waals surface area contributed by atoms with E-state index in [0.29, 0.717) is 6.54 Å². The van der Waals surface area contributed by atoms with E-state index in [1.807, 2.05) is 6.08 Å². The Labute approximate surface area is 59.9 Å². The fourth-order valence-corrected chi connectivity index (χ4v) is 0.642. The number of hydrazine groups is 1. The third kappa shape index (κ3) is 1.49. The number of rotatable bonds is 2. The highest BCUT2D eigenvalue weighted by Gasteiger charge is 1.98. The van der Waals surface area contributed by atoms with Crippen LogP contribution in [0.25, 0.3) is 0 Å². The molecule has 4 heteroatoms. The Balaban J connectivity index is 2.46. The van der Waals surface area contributed by atoms with Crippen LogP contribution in [-0.2, 0) is 4.84 Å². The summed E-state index contributed by atoms with van der Waals surface area (Å²) in [5.74, 6) is 0. The maximum atomic E-state index is 5.37. The van der Waals surface area contributed by atoms with Gasteiger partial charge in [0.25, 0.3) is 0 Å². The molecule has 0 atom stereocenters. The van der Waals surface area contributed by atoms with Crippen LogP contribution in [0.3, 0.4) is 0 Å². The van der Waals surface area contributed by atoms with E-state index >= 15 is 0 Å². The highest BCUT2D eigenvalue weighted by molar-refractivity contribution is 5.20. The summed E-state index contributed by atoms with van der Waals surface area (Å²) in [7, 11) is 1.58. The maximum absolute atomic E-state index is 5.37. The second-order valence-electron chi connectivity index (χ2n) is 1.88. The molecular formula is C6H11N3O. The molecule has 1 heterocycles. The van der Waals surface area contributed by atoms with Gasteiger partial charge >= 0.3 is 0 Å². The average molecular weight is 141 g/mol. The monoisotopic (exact) mass is 141 g/mol. The van der Waals surface area contributed by atoms with Crippen LogP contribution < -0.4 is 11.2 Å². The van der Waals surface area contributed by atoms with Gasteiger partial charge in [-0.3, -0.25) is 10.3 Å². The minimum absolute atomic E-state index is 0.543. The van der Waals surface area contributed by atoms with E-state index in [-0.39, 0.29) is 0 Å². The molecule has 0 amide bonds. The zero-order chi connectivity index (χ0) is 7.40. The predicted octanol–water partition coefficient (Wildman–Crippen LogP) is -0.276. The van der Waals surface area contributed by atoms with E-state index in [0.717, 1.165) is 5.57 Å². The SMILES string of the molecule is CON1C=CC(CN)=CN1. The second-order valence-corrected chi connectivity index (χ2v) is 1.88. The molecule has 0 radical (unpaired) electrons. The third-order valence-electron chi connectivity index (χ3n) is 1.23. The van der Waals surface area contributed by atoms with Crippen molar-refractivity contribution in [3.63, 3.8) is 0 Å². The number of hydrogen-bond donors (Lipinski definition) is 2. The highest BCUT2D eigenvalue weighted by Crippen LogP contribution is 1.99. The van der Waals surface area contributed by atoms with E-state index in [4.69, 9.17) is 10.6 Å². The third-order valence-corrected chi connectivity index (χ3v) is 1.23. The molecule has 1 aliphatic heterocycles. The number of nitrogens with two attached hydrogens (primary N) is 1. The number of hydrogen-bond acceptors (Lipinski definition) is 4. The number of nitrogens with one attached hydrogen (secondary N) is 1. The quantitative estimate of drug-likeness (QED) is 0.555. The van der Waals surface area contributed by atoms with Crippen LogP contribution in [0.4, 0.5) is 0 Å². The summed E-state index contributed by atoms with van der Waals surface area (Å²) >= 11 is 0. The van der Waals surface area contributed by atoms with Gasteiger partial charge in [0.2, 0.25) is 0 Å². The summed E-state index contributed by atoms with van der Waals surface area (Å²) in [5.41, 5.74) is 9.27. The van der Waals surface area contributed by atoms with Crippen molar-refractivity contribution in [2.45, 2.75) is 0 Å². The lowest BCUT2D eigenvalue weighted by Gasteiger charge is -2.20. The molecule has 0 saturated heterocycles. The van der Waals surface area contributed by atoms with E-state index in [1.165, 1.54) is 5.17 Å². The van der Waals surface area contributed by atoms with E-state index < -0.39 is 0 Å². The molecule has 10 heavy (non-hydrogen) atoms. The van der Waals surface area contributed by atoms with Gasteiger partial charge in [-0.2, -0.15) is 5.17 Å². The second kappa shape index (κ2) is 3.24. The molecule has 0 saturated carbocycles. The van der Waals surface area contributed by atoms with Crippen molar-refractivity contribution >= 4 is 0 Å². The zero-order valence-corrected chi connectivity index (χ0v) is 5.87. The van der Waals surface area contributed by atoms with Crippen molar-refractivity contribution in [2.75, 3.05) is 13.7 Å². The molecule has 0 unspecified atom stereocenters. The Kier molecular flexibility index (Phi) is 2.30. The normalized spacial score (nSPS) is 16.6. The molecule has 0 aromatic rings. The molecule has 56 valence electrons. The van der Waals surface area contributed by atoms with Crippen molar-refractivity contribution in [3.05, 3.63) is 24.0 Å². The molecule has 0 aromatic heterocycles. The van der Waals surface area contributed by atoms with E-state index in [1.54, 1.807) is 19.5 Å². The first-order valence-electron chi connectivity index (χ1n) is 3.03. The van der Waals surface area contributed by atoms with Gasteiger partial charge in [-0.25, -0.2) is 0 Å². The van der Waals surface area contributed by atoms with Gasteiger partial charge in [-0.05, 0) is 11.6 Å². The molecule has 0 bridgehead atoms. The van der Waals surface area contributed by atoms with Gasteiger partial charge in [0.05, 0.1) is 13.3 Å². The van der Waals surface area contributed by atoms with Crippen molar-refractivity contribution in [1.29, 1.82) is 0 Å². The summed E-state index contributed by atoms with van der Waals surface area (Å²) in [6, 6.07) is 0. The maximum Gasteiger partial charge on any atom is 0.0661 e. The van der Waals surface area contributed by atoms with Crippen LogP contribution in [0.2, 0.25) is 0 Å². The van der Waals surface area contributed by atoms with Crippen LogP contribution in [-0.4, -0.2) is 18.8 Å². The van der Waals surface area contributed by atoms with Crippen LogP contribution in [0.15, 0.2) is 24.0 Å². The van der Waals surface area contributed by atoms with E-state index in [2.05, 4.69) is 5.43 Å². The van der Waals surface area contributed by atoms with Gasteiger partial charge in [0.15, 0.2) is 0 Å². The molecular weight excluding hydrogens is 130 g/mol. The average Bonchev–Trinajstić information content (AvgIpc) is 2.05. The molecule has 1 aliphatic rings. The number of nitrogens with zero attached hydrogens (tertiary/aromatic N) is 1. The topological polar surface area (TPSA) is 50.5 Å². The summed E-state index contributed by atoms with van der Waals surface area (Å²) in [5, 5.41) is 1.49. The minimum Gasteiger partial charge on any atom is -0.326 e. The Hall–Kier alpha value is -1.00. The lowest BCUT2D eigenvalue weighted by Crippen LogP contribution is -2.31. The van der Waals surface area contributed by atoms with Crippen molar-refractivity contribution < 1.29 is 4.84 Å². The van der Waals surface area contributed by atoms with Crippen molar-refractivity contribution in [2.24, 2.45) is 5.73 Å². The summed E-state index contributed by atoms with van der Waals surface area (Å²) in [4.78, 5) is 4.83. The van der Waals surface area contributed by atoms with Crippen LogP contribution in [0.5, 0.6) is 0 Å². The molecule has 4 nitrogen and oxygen atoms in total. The fourth-order valence-electron chi connectivity index (χ4n) is 0.642. The first-order valence-corrected chi connectivity index (χ1v) is 3.03. The summed E-state index contributed by atoms with van der Waals surface area (Å²) in [6.07, 6.45) is 5.45. The highest BCUT2D eigenvalue weighted by atomic mass is 16.7. The van der Waals surface area contributed by atoms with Gasteiger partial charge in [0, 0.05) is 12.7 Å². The summed E-state index contributed by atoms with van der Waals surface area (Å²) in [6.45, 7) is 0.543. The van der Waals surface area contributed by atoms with Gasteiger partial charge in [0.1, 0.15) is 0 Å². The largest absolute Gasteiger partial charge is 0.326 e. The van der Waals surface area contributed by atoms with E-state index in [9.17, 15) is 0 Å². The fraction of sp³-hybridized carbons (Fsp3) is 0.333. The Morgan fingerprint density at radius 1 is 1.80 bits per heavy atom. The molecule has 0 aromatic carbocycles.